The summed E-state index contributed by atoms with van der Waals surface area (Å²) in [7, 11) is 1.24. The van der Waals surface area contributed by atoms with Gasteiger partial charge in [0, 0.05) is 9.26 Å². The average Bonchev–Trinajstić information content (AvgIpc) is 2.57. The van der Waals surface area contributed by atoms with Crippen LogP contribution in [0.25, 0.3) is 0 Å². The van der Waals surface area contributed by atoms with Gasteiger partial charge in [0.15, 0.2) is 0 Å². The van der Waals surface area contributed by atoms with Gasteiger partial charge in [-0.2, -0.15) is 0 Å². The van der Waals surface area contributed by atoms with E-state index in [0.29, 0.717) is 5.69 Å². The molecule has 124 valence electrons. The van der Waals surface area contributed by atoms with E-state index in [0.717, 1.165) is 9.13 Å². The Bertz CT molecular complexity index is 805. The molecule has 0 saturated heterocycles. The predicted octanol–water partition coefficient (Wildman–Crippen LogP) is 2.96. The Morgan fingerprint density at radius 1 is 0.958 bits per heavy atom. The Morgan fingerprint density at radius 3 is 2.21 bits per heavy atom. The zero-order chi connectivity index (χ0) is 17.7. The first kappa shape index (κ1) is 17.9. The molecule has 0 heterocycles. The third-order valence-electron chi connectivity index (χ3n) is 3.22. The summed E-state index contributed by atoms with van der Waals surface area (Å²) in [6.07, 6.45) is 0. The van der Waals surface area contributed by atoms with Crippen molar-refractivity contribution in [1.82, 2.24) is 0 Å². The second kappa shape index (κ2) is 7.91. The van der Waals surface area contributed by atoms with E-state index in [1.807, 2.05) is 19.1 Å². The van der Waals surface area contributed by atoms with E-state index in [-0.39, 0.29) is 11.3 Å². The molecule has 0 saturated carbocycles. The van der Waals surface area contributed by atoms with E-state index in [9.17, 15) is 14.4 Å². The number of esters is 1. The monoisotopic (exact) mass is 438 g/mol. The second-order valence-corrected chi connectivity index (χ2v) is 6.15. The maximum Gasteiger partial charge on any atom is 0.339 e. The highest BCUT2D eigenvalue weighted by Crippen LogP contribution is 2.19. The van der Waals surface area contributed by atoms with Crippen LogP contribution in [-0.2, 0) is 14.3 Å². The molecule has 0 atom stereocenters. The summed E-state index contributed by atoms with van der Waals surface area (Å²) >= 11 is 2.16. The number of halogens is 1. The molecule has 2 amide bonds. The van der Waals surface area contributed by atoms with E-state index in [2.05, 4.69) is 38.0 Å². The van der Waals surface area contributed by atoms with Crippen LogP contribution < -0.4 is 10.6 Å². The number of ether oxygens (including phenoxy) is 1. The molecule has 0 bridgehead atoms. The van der Waals surface area contributed by atoms with Crippen LogP contribution in [0.2, 0.25) is 0 Å². The molecule has 0 spiro atoms. The van der Waals surface area contributed by atoms with Gasteiger partial charge in [0.1, 0.15) is 0 Å². The van der Waals surface area contributed by atoms with Gasteiger partial charge in [-0.25, -0.2) is 4.79 Å². The van der Waals surface area contributed by atoms with Gasteiger partial charge in [-0.15, -0.1) is 0 Å². The molecule has 2 aromatic carbocycles. The molecule has 24 heavy (non-hydrogen) atoms. The predicted molar refractivity (Wildman–Crippen MR) is 98.9 cm³/mol. The smallest absolute Gasteiger partial charge is 0.339 e. The standard InChI is InChI=1S/C17H15IN2O4/c1-10-9-11(18)7-8-13(10)19-15(21)16(22)20-14-6-4-3-5-12(14)17(23)24-2/h3-9H,1-2H3,(H,19,21)(H,20,22). The molecule has 0 radical (unpaired) electrons. The van der Waals surface area contributed by atoms with Crippen LogP contribution in [0.4, 0.5) is 11.4 Å². The first-order valence-corrected chi connectivity index (χ1v) is 8.06. The Kier molecular flexibility index (Phi) is 5.91. The number of carbonyl (C=O) groups is 3. The van der Waals surface area contributed by atoms with Gasteiger partial charge < -0.3 is 15.4 Å². The Morgan fingerprint density at radius 2 is 1.58 bits per heavy atom. The lowest BCUT2D eigenvalue weighted by atomic mass is 10.1. The van der Waals surface area contributed by atoms with E-state index < -0.39 is 17.8 Å². The number of hydrogen-bond acceptors (Lipinski definition) is 4. The minimum absolute atomic E-state index is 0.173. The molecule has 0 aromatic heterocycles. The number of rotatable bonds is 3. The lowest BCUT2D eigenvalue weighted by molar-refractivity contribution is -0.133. The van der Waals surface area contributed by atoms with Crippen molar-refractivity contribution in [2.75, 3.05) is 17.7 Å². The maximum absolute atomic E-state index is 12.1. The summed E-state index contributed by atoms with van der Waals surface area (Å²) in [5.41, 5.74) is 1.78. The van der Waals surface area contributed by atoms with Gasteiger partial charge in [0.05, 0.1) is 18.4 Å². The van der Waals surface area contributed by atoms with Crippen molar-refractivity contribution in [2.45, 2.75) is 6.92 Å². The van der Waals surface area contributed by atoms with Crippen molar-refractivity contribution in [1.29, 1.82) is 0 Å². The molecule has 2 rings (SSSR count). The van der Waals surface area contributed by atoms with Gasteiger partial charge in [0.25, 0.3) is 0 Å². The van der Waals surface area contributed by atoms with Crippen LogP contribution >= 0.6 is 22.6 Å². The highest BCUT2D eigenvalue weighted by molar-refractivity contribution is 14.1. The van der Waals surface area contributed by atoms with Gasteiger partial charge in [-0.1, -0.05) is 12.1 Å². The van der Waals surface area contributed by atoms with Crippen LogP contribution in [0.5, 0.6) is 0 Å². The first-order chi connectivity index (χ1) is 11.4. The number of anilines is 2. The Balaban J connectivity index is 2.12. The summed E-state index contributed by atoms with van der Waals surface area (Å²) < 4.78 is 5.68. The van der Waals surface area contributed by atoms with E-state index >= 15 is 0 Å². The molecular formula is C17H15IN2O4. The third kappa shape index (κ3) is 4.31. The Labute approximate surface area is 152 Å². The molecule has 0 aliphatic rings. The first-order valence-electron chi connectivity index (χ1n) is 6.98. The quantitative estimate of drug-likeness (QED) is 0.439. The van der Waals surface area contributed by atoms with Crippen LogP contribution in [0.3, 0.4) is 0 Å². The average molecular weight is 438 g/mol. The van der Waals surface area contributed by atoms with Crippen molar-refractivity contribution >= 4 is 51.7 Å². The van der Waals surface area contributed by atoms with Crippen LogP contribution in [0.1, 0.15) is 15.9 Å². The van der Waals surface area contributed by atoms with E-state index in [1.165, 1.54) is 19.2 Å². The molecule has 6 nitrogen and oxygen atoms in total. The van der Waals surface area contributed by atoms with Crippen LogP contribution in [0, 0.1) is 10.5 Å². The Hall–Kier alpha value is -2.42. The summed E-state index contributed by atoms with van der Waals surface area (Å²) in [4.78, 5) is 35.8. The highest BCUT2D eigenvalue weighted by atomic mass is 127. The van der Waals surface area contributed by atoms with Gasteiger partial charge in [0.2, 0.25) is 0 Å². The molecule has 0 aliphatic carbocycles. The summed E-state index contributed by atoms with van der Waals surface area (Å²) in [5, 5.41) is 4.97. The molecule has 2 aromatic rings. The third-order valence-corrected chi connectivity index (χ3v) is 3.89. The molecular weight excluding hydrogens is 423 g/mol. The van der Waals surface area contributed by atoms with E-state index in [1.54, 1.807) is 18.2 Å². The number of carbonyl (C=O) groups excluding carboxylic acids is 3. The molecule has 0 aliphatic heterocycles. The van der Waals surface area contributed by atoms with Crippen molar-refractivity contribution in [3.05, 3.63) is 57.2 Å². The molecule has 7 heteroatoms. The number of amides is 2. The lowest BCUT2D eigenvalue weighted by Crippen LogP contribution is -2.30. The number of methoxy groups -OCH3 is 1. The normalized spacial score (nSPS) is 9.96. The van der Waals surface area contributed by atoms with Crippen molar-refractivity contribution in [2.24, 2.45) is 0 Å². The summed E-state index contributed by atoms with van der Waals surface area (Å²) in [6, 6.07) is 11.7. The van der Waals surface area contributed by atoms with Crippen molar-refractivity contribution in [3.63, 3.8) is 0 Å². The van der Waals surface area contributed by atoms with Crippen molar-refractivity contribution in [3.8, 4) is 0 Å². The summed E-state index contributed by atoms with van der Waals surface area (Å²) in [6.45, 7) is 1.84. The molecule has 0 fully saturated rings. The van der Waals surface area contributed by atoms with Gasteiger partial charge in [-0.05, 0) is 65.4 Å². The van der Waals surface area contributed by atoms with Gasteiger partial charge in [-0.3, -0.25) is 9.59 Å². The topological polar surface area (TPSA) is 84.5 Å². The minimum atomic E-state index is -0.871. The lowest BCUT2D eigenvalue weighted by Gasteiger charge is -2.11. The fraction of sp³-hybridized carbons (Fsp3) is 0.118. The zero-order valence-corrected chi connectivity index (χ0v) is 15.2. The zero-order valence-electron chi connectivity index (χ0n) is 13.1. The fourth-order valence-corrected chi connectivity index (χ4v) is 2.65. The maximum atomic E-state index is 12.1. The van der Waals surface area contributed by atoms with Crippen LogP contribution in [-0.4, -0.2) is 24.9 Å². The highest BCUT2D eigenvalue weighted by Gasteiger charge is 2.18. The SMILES string of the molecule is COC(=O)c1ccccc1NC(=O)C(=O)Nc1ccc(I)cc1C. The number of para-hydroxylation sites is 1. The van der Waals surface area contributed by atoms with Crippen molar-refractivity contribution < 1.29 is 19.1 Å². The minimum Gasteiger partial charge on any atom is -0.465 e. The van der Waals surface area contributed by atoms with Crippen LogP contribution in [0.15, 0.2) is 42.5 Å². The van der Waals surface area contributed by atoms with E-state index in [4.69, 9.17) is 0 Å². The largest absolute Gasteiger partial charge is 0.465 e. The molecule has 2 N–H and O–H groups in total. The number of nitrogens with one attached hydrogen (secondary N) is 2. The number of benzene rings is 2. The van der Waals surface area contributed by atoms with Gasteiger partial charge >= 0.3 is 17.8 Å². The number of aryl methyl sites for hydroxylation is 1. The molecule has 0 unspecified atom stereocenters. The second-order valence-electron chi connectivity index (χ2n) is 4.90. The number of hydrogen-bond donors (Lipinski definition) is 2. The summed E-state index contributed by atoms with van der Waals surface area (Å²) in [5.74, 6) is -2.29. The fourth-order valence-electron chi connectivity index (χ4n) is 2.01.